The first-order valence-corrected chi connectivity index (χ1v) is 5.51. The molecule has 16 heavy (non-hydrogen) atoms. The van der Waals surface area contributed by atoms with Crippen LogP contribution in [-0.4, -0.2) is 21.8 Å². The van der Waals surface area contributed by atoms with E-state index < -0.39 is 0 Å². The summed E-state index contributed by atoms with van der Waals surface area (Å²) in [4.78, 5) is 11.8. The summed E-state index contributed by atoms with van der Waals surface area (Å²) >= 11 is 0. The number of carbonyl (C=O) groups is 1. The summed E-state index contributed by atoms with van der Waals surface area (Å²) in [5, 5.41) is 9.83. The monoisotopic (exact) mass is 224 g/mol. The van der Waals surface area contributed by atoms with E-state index in [0.717, 1.165) is 25.7 Å². The van der Waals surface area contributed by atoms with Gasteiger partial charge in [-0.05, 0) is 30.1 Å². The van der Waals surface area contributed by atoms with Crippen molar-refractivity contribution < 1.29 is 9.42 Å². The van der Waals surface area contributed by atoms with Crippen molar-refractivity contribution in [3.05, 3.63) is 5.69 Å². The third kappa shape index (κ3) is 2.15. The highest BCUT2D eigenvalue weighted by atomic mass is 16.6. The van der Waals surface area contributed by atoms with Gasteiger partial charge >= 0.3 is 0 Å². The molecule has 0 saturated heterocycles. The van der Waals surface area contributed by atoms with E-state index in [1.54, 1.807) is 0 Å². The van der Waals surface area contributed by atoms with Crippen LogP contribution < -0.4 is 11.1 Å². The van der Waals surface area contributed by atoms with Gasteiger partial charge in [-0.15, -0.1) is 0 Å². The van der Waals surface area contributed by atoms with Crippen LogP contribution >= 0.6 is 0 Å². The molecule has 1 fully saturated rings. The van der Waals surface area contributed by atoms with Crippen LogP contribution in [-0.2, 0) is 0 Å². The number of nitrogens with two attached hydrogens (primary N) is 1. The predicted octanol–water partition coefficient (Wildman–Crippen LogP) is 1.10. The smallest absolute Gasteiger partial charge is 0.277 e. The molecule has 1 aliphatic carbocycles. The van der Waals surface area contributed by atoms with E-state index in [1.165, 1.54) is 6.42 Å². The fourth-order valence-corrected chi connectivity index (χ4v) is 2.14. The first-order chi connectivity index (χ1) is 7.61. The van der Waals surface area contributed by atoms with Gasteiger partial charge in [0.1, 0.15) is 0 Å². The molecule has 1 aliphatic rings. The van der Waals surface area contributed by atoms with Crippen LogP contribution in [0.2, 0.25) is 0 Å². The van der Waals surface area contributed by atoms with Crippen molar-refractivity contribution in [1.29, 1.82) is 0 Å². The minimum absolute atomic E-state index is 0.0388. The molecule has 1 aromatic heterocycles. The van der Waals surface area contributed by atoms with E-state index in [0.29, 0.717) is 0 Å². The summed E-state index contributed by atoms with van der Waals surface area (Å²) < 4.78 is 4.40. The fourth-order valence-electron chi connectivity index (χ4n) is 2.14. The molecule has 2 rings (SSSR count). The zero-order valence-corrected chi connectivity index (χ0v) is 9.32. The highest BCUT2D eigenvalue weighted by Gasteiger charge is 2.30. The molecule has 0 unspecified atom stereocenters. The zero-order valence-electron chi connectivity index (χ0n) is 9.32. The van der Waals surface area contributed by atoms with Gasteiger partial charge in [-0.3, -0.25) is 4.79 Å². The first-order valence-electron chi connectivity index (χ1n) is 5.51. The normalized spacial score (nSPS) is 19.3. The van der Waals surface area contributed by atoms with Crippen molar-refractivity contribution in [2.24, 2.45) is 0 Å². The van der Waals surface area contributed by atoms with Gasteiger partial charge in [0, 0.05) is 5.54 Å². The average molecular weight is 224 g/mol. The number of carbonyl (C=O) groups excluding carboxylic acids is 1. The van der Waals surface area contributed by atoms with Crippen LogP contribution in [0.15, 0.2) is 4.63 Å². The summed E-state index contributed by atoms with van der Waals surface area (Å²) in [5.74, 6) is -0.264. The van der Waals surface area contributed by atoms with Crippen LogP contribution in [0.4, 0.5) is 5.82 Å². The minimum Gasteiger partial charge on any atom is -0.379 e. The Bertz CT molecular complexity index is 382. The van der Waals surface area contributed by atoms with Gasteiger partial charge < -0.3 is 11.1 Å². The molecule has 0 aliphatic heterocycles. The van der Waals surface area contributed by atoms with Crippen molar-refractivity contribution in [3.63, 3.8) is 0 Å². The van der Waals surface area contributed by atoms with Gasteiger partial charge in [-0.1, -0.05) is 19.3 Å². The molecule has 0 bridgehead atoms. The van der Waals surface area contributed by atoms with E-state index in [2.05, 4.69) is 20.3 Å². The standard InChI is InChI=1S/C10H16N4O2/c1-10(5-3-2-4-6-10)12-9(15)7-8(11)14-16-13-7/h2-6H2,1H3,(H2,11,14)(H,12,15). The quantitative estimate of drug-likeness (QED) is 0.784. The van der Waals surface area contributed by atoms with Crippen molar-refractivity contribution in [3.8, 4) is 0 Å². The van der Waals surface area contributed by atoms with Crippen molar-refractivity contribution >= 4 is 11.7 Å². The largest absolute Gasteiger partial charge is 0.379 e. The fraction of sp³-hybridized carbons (Fsp3) is 0.700. The lowest BCUT2D eigenvalue weighted by molar-refractivity contribution is 0.0873. The predicted molar refractivity (Wildman–Crippen MR) is 57.7 cm³/mol. The average Bonchev–Trinajstić information content (AvgIpc) is 2.65. The summed E-state index contributed by atoms with van der Waals surface area (Å²) in [7, 11) is 0. The third-order valence-electron chi connectivity index (χ3n) is 3.10. The first kappa shape index (κ1) is 10.9. The second kappa shape index (κ2) is 4.11. The lowest BCUT2D eigenvalue weighted by Gasteiger charge is -2.34. The molecule has 3 N–H and O–H groups in total. The highest BCUT2D eigenvalue weighted by molar-refractivity contribution is 5.96. The third-order valence-corrected chi connectivity index (χ3v) is 3.10. The van der Waals surface area contributed by atoms with Gasteiger partial charge in [0.25, 0.3) is 5.91 Å². The Kier molecular flexibility index (Phi) is 2.80. The Hall–Kier alpha value is -1.59. The molecule has 6 nitrogen and oxygen atoms in total. The van der Waals surface area contributed by atoms with Crippen molar-refractivity contribution in [1.82, 2.24) is 15.6 Å². The molecule has 88 valence electrons. The topological polar surface area (TPSA) is 94.0 Å². The van der Waals surface area contributed by atoms with E-state index in [9.17, 15) is 4.79 Å². The lowest BCUT2D eigenvalue weighted by Crippen LogP contribution is -2.47. The molecule has 0 radical (unpaired) electrons. The van der Waals surface area contributed by atoms with Crippen LogP contribution in [0, 0.1) is 0 Å². The maximum absolute atomic E-state index is 11.8. The van der Waals surface area contributed by atoms with Gasteiger partial charge in [-0.2, -0.15) is 0 Å². The Morgan fingerprint density at radius 3 is 2.62 bits per heavy atom. The molecular formula is C10H16N4O2. The molecule has 0 spiro atoms. The Labute approximate surface area is 93.5 Å². The Morgan fingerprint density at radius 2 is 2.06 bits per heavy atom. The second-order valence-corrected chi connectivity index (χ2v) is 4.57. The summed E-state index contributed by atoms with van der Waals surface area (Å²) in [5.41, 5.74) is 5.39. The van der Waals surface area contributed by atoms with Crippen molar-refractivity contribution in [2.45, 2.75) is 44.6 Å². The number of nitrogens with zero attached hydrogens (tertiary/aromatic N) is 2. The zero-order chi connectivity index (χ0) is 11.6. The number of rotatable bonds is 2. The summed E-state index contributed by atoms with van der Waals surface area (Å²) in [6.45, 7) is 2.05. The number of hydrogen-bond acceptors (Lipinski definition) is 5. The van der Waals surface area contributed by atoms with E-state index in [-0.39, 0.29) is 23.0 Å². The molecule has 1 amide bonds. The maximum Gasteiger partial charge on any atom is 0.277 e. The van der Waals surface area contributed by atoms with E-state index in [1.807, 2.05) is 6.92 Å². The van der Waals surface area contributed by atoms with E-state index >= 15 is 0 Å². The minimum atomic E-state index is -0.303. The van der Waals surface area contributed by atoms with E-state index in [4.69, 9.17) is 5.73 Å². The summed E-state index contributed by atoms with van der Waals surface area (Å²) in [6, 6.07) is 0. The molecule has 0 aromatic carbocycles. The number of nitrogen functional groups attached to an aromatic ring is 1. The number of hydrogen-bond donors (Lipinski definition) is 2. The SMILES string of the molecule is CC1(NC(=O)c2nonc2N)CCCCC1. The Morgan fingerprint density at radius 1 is 1.38 bits per heavy atom. The highest BCUT2D eigenvalue weighted by Crippen LogP contribution is 2.27. The molecule has 1 saturated carbocycles. The van der Waals surface area contributed by atoms with Gasteiger partial charge in [0.05, 0.1) is 0 Å². The lowest BCUT2D eigenvalue weighted by atomic mass is 9.83. The molecule has 1 heterocycles. The van der Waals surface area contributed by atoms with Crippen LogP contribution in [0.5, 0.6) is 0 Å². The number of amides is 1. The maximum atomic E-state index is 11.8. The van der Waals surface area contributed by atoms with Gasteiger partial charge in [-0.25, -0.2) is 4.63 Å². The second-order valence-electron chi connectivity index (χ2n) is 4.57. The molecule has 6 heteroatoms. The summed E-state index contributed by atoms with van der Waals surface area (Å²) in [6.07, 6.45) is 5.50. The Balaban J connectivity index is 2.04. The van der Waals surface area contributed by atoms with Crippen molar-refractivity contribution in [2.75, 3.05) is 5.73 Å². The molecule has 1 aromatic rings. The van der Waals surface area contributed by atoms with Crippen LogP contribution in [0.3, 0.4) is 0 Å². The number of aromatic nitrogens is 2. The van der Waals surface area contributed by atoms with Crippen LogP contribution in [0.1, 0.15) is 49.5 Å². The number of anilines is 1. The van der Waals surface area contributed by atoms with Crippen LogP contribution in [0.25, 0.3) is 0 Å². The van der Waals surface area contributed by atoms with Gasteiger partial charge in [0.15, 0.2) is 0 Å². The molecular weight excluding hydrogens is 208 g/mol. The molecule has 0 atom stereocenters. The number of nitrogens with one attached hydrogen (secondary N) is 1. The van der Waals surface area contributed by atoms with Gasteiger partial charge in [0.2, 0.25) is 11.5 Å².